The van der Waals surface area contributed by atoms with E-state index in [1.807, 2.05) is 24.5 Å². The summed E-state index contributed by atoms with van der Waals surface area (Å²) in [4.78, 5) is 4.02. The Labute approximate surface area is 102 Å². The molecule has 2 rings (SSSR count). The van der Waals surface area contributed by atoms with Gasteiger partial charge in [0.25, 0.3) is 0 Å². The van der Waals surface area contributed by atoms with Gasteiger partial charge >= 0.3 is 0 Å². The summed E-state index contributed by atoms with van der Waals surface area (Å²) in [5.74, 6) is 0.355. The smallest absolute Gasteiger partial charge is 0.0590 e. The van der Waals surface area contributed by atoms with Gasteiger partial charge in [0, 0.05) is 24.4 Å². The Morgan fingerprint density at radius 3 is 2.88 bits per heavy atom. The molecule has 1 aromatic heterocycles. The van der Waals surface area contributed by atoms with Crippen LogP contribution in [0.15, 0.2) is 24.5 Å². The molecule has 1 aromatic rings. The van der Waals surface area contributed by atoms with Gasteiger partial charge in [0.05, 0.1) is 6.10 Å². The van der Waals surface area contributed by atoms with Crippen LogP contribution in [0.3, 0.4) is 0 Å². The number of rotatable bonds is 4. The van der Waals surface area contributed by atoms with Crippen LogP contribution in [0, 0.1) is 0 Å². The normalized spacial score (nSPS) is 24.2. The summed E-state index contributed by atoms with van der Waals surface area (Å²) in [5.41, 5.74) is 1.26. The van der Waals surface area contributed by atoms with Crippen molar-refractivity contribution in [3.8, 4) is 0 Å². The van der Waals surface area contributed by atoms with Crippen LogP contribution < -0.4 is 0 Å². The minimum absolute atomic E-state index is 0.144. The summed E-state index contributed by atoms with van der Waals surface area (Å²) >= 11 is 6.45. The molecule has 16 heavy (non-hydrogen) atoms. The van der Waals surface area contributed by atoms with Crippen LogP contribution in [0.2, 0.25) is 0 Å². The first kappa shape index (κ1) is 11.9. The first-order chi connectivity index (χ1) is 7.77. The molecule has 0 spiro atoms. The zero-order valence-electron chi connectivity index (χ0n) is 9.60. The van der Waals surface area contributed by atoms with Crippen molar-refractivity contribution in [3.05, 3.63) is 30.1 Å². The standard InChI is InChI=1S/C13H18ClNO/c1-10(11-4-6-15-7-5-11)13(14)9-12-3-2-8-16-12/h4-7,10,12-13H,2-3,8-9H2,1H3. The molecule has 0 aliphatic carbocycles. The van der Waals surface area contributed by atoms with Crippen molar-refractivity contribution in [1.82, 2.24) is 4.98 Å². The number of hydrogen-bond donors (Lipinski definition) is 0. The minimum atomic E-state index is 0.144. The van der Waals surface area contributed by atoms with Gasteiger partial charge in [-0.05, 0) is 42.9 Å². The Morgan fingerprint density at radius 2 is 2.25 bits per heavy atom. The topological polar surface area (TPSA) is 22.1 Å². The largest absolute Gasteiger partial charge is 0.378 e. The predicted octanol–water partition coefficient (Wildman–Crippen LogP) is 3.36. The summed E-state index contributed by atoms with van der Waals surface area (Å²) in [6.07, 6.45) is 7.30. The Kier molecular flexibility index (Phi) is 4.19. The second kappa shape index (κ2) is 5.65. The molecule has 3 unspecified atom stereocenters. The van der Waals surface area contributed by atoms with Gasteiger partial charge in [-0.2, -0.15) is 0 Å². The van der Waals surface area contributed by atoms with Gasteiger partial charge in [-0.3, -0.25) is 4.98 Å². The average molecular weight is 240 g/mol. The first-order valence-electron chi connectivity index (χ1n) is 5.93. The molecule has 0 N–H and O–H groups in total. The molecule has 1 fully saturated rings. The van der Waals surface area contributed by atoms with Crippen LogP contribution in [-0.2, 0) is 4.74 Å². The lowest BCUT2D eigenvalue weighted by Crippen LogP contribution is -2.18. The summed E-state index contributed by atoms with van der Waals surface area (Å²) in [6.45, 7) is 3.07. The van der Waals surface area contributed by atoms with Gasteiger partial charge < -0.3 is 4.74 Å². The van der Waals surface area contributed by atoms with E-state index in [2.05, 4.69) is 11.9 Å². The highest BCUT2D eigenvalue weighted by atomic mass is 35.5. The van der Waals surface area contributed by atoms with Crippen LogP contribution in [0.4, 0.5) is 0 Å². The minimum Gasteiger partial charge on any atom is -0.378 e. The average Bonchev–Trinajstić information content (AvgIpc) is 2.82. The van der Waals surface area contributed by atoms with E-state index in [0.29, 0.717) is 12.0 Å². The Bertz CT molecular complexity index is 311. The Morgan fingerprint density at radius 1 is 1.50 bits per heavy atom. The summed E-state index contributed by atoms with van der Waals surface area (Å²) in [6, 6.07) is 4.07. The molecule has 3 heteroatoms. The van der Waals surface area contributed by atoms with E-state index >= 15 is 0 Å². The third-order valence-electron chi connectivity index (χ3n) is 3.29. The highest BCUT2D eigenvalue weighted by Gasteiger charge is 2.23. The van der Waals surface area contributed by atoms with E-state index < -0.39 is 0 Å². The van der Waals surface area contributed by atoms with Crippen molar-refractivity contribution in [1.29, 1.82) is 0 Å². The van der Waals surface area contributed by atoms with Crippen LogP contribution in [-0.4, -0.2) is 23.1 Å². The van der Waals surface area contributed by atoms with E-state index in [0.717, 1.165) is 19.4 Å². The molecule has 3 atom stereocenters. The number of ether oxygens (including phenoxy) is 1. The van der Waals surface area contributed by atoms with Crippen molar-refractivity contribution in [2.75, 3.05) is 6.61 Å². The first-order valence-corrected chi connectivity index (χ1v) is 6.36. The zero-order valence-corrected chi connectivity index (χ0v) is 10.4. The number of hydrogen-bond acceptors (Lipinski definition) is 2. The molecule has 0 saturated carbocycles. The molecule has 0 amide bonds. The maximum Gasteiger partial charge on any atom is 0.0590 e. The number of alkyl halides is 1. The molecule has 88 valence electrons. The monoisotopic (exact) mass is 239 g/mol. The van der Waals surface area contributed by atoms with Gasteiger partial charge in [0.15, 0.2) is 0 Å². The molecule has 1 aliphatic heterocycles. The third kappa shape index (κ3) is 2.96. The molecule has 0 aromatic carbocycles. The second-order valence-electron chi connectivity index (χ2n) is 4.46. The predicted molar refractivity (Wildman–Crippen MR) is 65.9 cm³/mol. The highest BCUT2D eigenvalue weighted by Crippen LogP contribution is 2.29. The molecule has 1 aliphatic rings. The number of nitrogens with zero attached hydrogens (tertiary/aromatic N) is 1. The van der Waals surface area contributed by atoms with Crippen molar-refractivity contribution < 1.29 is 4.74 Å². The lowest BCUT2D eigenvalue weighted by atomic mass is 9.94. The SMILES string of the molecule is CC(c1ccncc1)C(Cl)CC1CCCO1. The molecule has 0 radical (unpaired) electrons. The summed E-state index contributed by atoms with van der Waals surface area (Å²) < 4.78 is 5.61. The van der Waals surface area contributed by atoms with Crippen LogP contribution in [0.1, 0.15) is 37.7 Å². The fourth-order valence-electron chi connectivity index (χ4n) is 2.16. The second-order valence-corrected chi connectivity index (χ2v) is 5.02. The van der Waals surface area contributed by atoms with E-state index in [1.165, 1.54) is 12.0 Å². The van der Waals surface area contributed by atoms with Gasteiger partial charge in [-0.25, -0.2) is 0 Å². The molecule has 1 saturated heterocycles. The van der Waals surface area contributed by atoms with Crippen LogP contribution in [0.25, 0.3) is 0 Å². The summed E-state index contributed by atoms with van der Waals surface area (Å²) in [5, 5.41) is 0.144. The Hall–Kier alpha value is -0.600. The number of halogens is 1. The number of pyridine rings is 1. The highest BCUT2D eigenvalue weighted by molar-refractivity contribution is 6.21. The van der Waals surface area contributed by atoms with Crippen molar-refractivity contribution in [2.45, 2.75) is 43.6 Å². The van der Waals surface area contributed by atoms with Crippen LogP contribution in [0.5, 0.6) is 0 Å². The maximum atomic E-state index is 6.45. The number of aromatic nitrogens is 1. The Balaban J connectivity index is 1.91. The fraction of sp³-hybridized carbons (Fsp3) is 0.615. The summed E-state index contributed by atoms with van der Waals surface area (Å²) in [7, 11) is 0. The molecule has 2 heterocycles. The van der Waals surface area contributed by atoms with Crippen molar-refractivity contribution in [2.24, 2.45) is 0 Å². The van der Waals surface area contributed by atoms with E-state index in [4.69, 9.17) is 16.3 Å². The van der Waals surface area contributed by atoms with Crippen molar-refractivity contribution in [3.63, 3.8) is 0 Å². The maximum absolute atomic E-state index is 6.45. The fourth-order valence-corrected chi connectivity index (χ4v) is 2.51. The molecule has 0 bridgehead atoms. The third-order valence-corrected chi connectivity index (χ3v) is 3.84. The molecular formula is C13H18ClNO. The lowest BCUT2D eigenvalue weighted by Gasteiger charge is -2.21. The van der Waals surface area contributed by atoms with E-state index in [-0.39, 0.29) is 5.38 Å². The van der Waals surface area contributed by atoms with Gasteiger partial charge in [-0.1, -0.05) is 6.92 Å². The zero-order chi connectivity index (χ0) is 11.4. The van der Waals surface area contributed by atoms with Gasteiger partial charge in [0.1, 0.15) is 0 Å². The molecule has 2 nitrogen and oxygen atoms in total. The quantitative estimate of drug-likeness (QED) is 0.752. The van der Waals surface area contributed by atoms with Crippen molar-refractivity contribution >= 4 is 11.6 Å². The van der Waals surface area contributed by atoms with Gasteiger partial charge in [0.2, 0.25) is 0 Å². The van der Waals surface area contributed by atoms with E-state index in [1.54, 1.807) is 0 Å². The van der Waals surface area contributed by atoms with Crippen LogP contribution >= 0.6 is 11.6 Å². The lowest BCUT2D eigenvalue weighted by molar-refractivity contribution is 0.102. The molecular weight excluding hydrogens is 222 g/mol. The van der Waals surface area contributed by atoms with E-state index in [9.17, 15) is 0 Å². The van der Waals surface area contributed by atoms with Gasteiger partial charge in [-0.15, -0.1) is 11.6 Å².